The highest BCUT2D eigenvalue weighted by atomic mass is 79.9. The van der Waals surface area contributed by atoms with E-state index in [1.54, 1.807) is 6.20 Å². The summed E-state index contributed by atoms with van der Waals surface area (Å²) in [6.07, 6.45) is 3.32. The van der Waals surface area contributed by atoms with Crippen molar-refractivity contribution >= 4 is 21.6 Å². The molecule has 6 heteroatoms. The molecule has 1 unspecified atom stereocenters. The van der Waals surface area contributed by atoms with Crippen LogP contribution in [0.5, 0.6) is 0 Å². The standard InChI is InChI=1S/C13H22BrN3O2/c1-4-5-17-13(19)12(14)11(7-15-17)16-10(8-18)6-9(2)3/h7,9-10,16,18H,4-6,8H2,1-3H3. The summed E-state index contributed by atoms with van der Waals surface area (Å²) in [4.78, 5) is 12.0. The van der Waals surface area contributed by atoms with Crippen LogP contribution in [-0.2, 0) is 6.54 Å². The highest BCUT2D eigenvalue weighted by molar-refractivity contribution is 9.10. The molecule has 2 N–H and O–H groups in total. The van der Waals surface area contributed by atoms with E-state index in [1.165, 1.54) is 4.68 Å². The van der Waals surface area contributed by atoms with Crippen LogP contribution >= 0.6 is 15.9 Å². The second-order valence-corrected chi connectivity index (χ2v) is 5.85. The van der Waals surface area contributed by atoms with Crippen molar-refractivity contribution in [1.82, 2.24) is 9.78 Å². The van der Waals surface area contributed by atoms with Crippen LogP contribution in [0.4, 0.5) is 5.69 Å². The smallest absolute Gasteiger partial charge is 0.283 e. The van der Waals surface area contributed by atoms with E-state index >= 15 is 0 Å². The zero-order chi connectivity index (χ0) is 14.4. The average Bonchev–Trinajstić information content (AvgIpc) is 2.37. The van der Waals surface area contributed by atoms with Crippen molar-refractivity contribution in [3.8, 4) is 0 Å². The van der Waals surface area contributed by atoms with Gasteiger partial charge in [-0.3, -0.25) is 4.79 Å². The van der Waals surface area contributed by atoms with Crippen LogP contribution in [-0.4, -0.2) is 27.5 Å². The first kappa shape index (κ1) is 16.2. The maximum Gasteiger partial charge on any atom is 0.283 e. The molecule has 108 valence electrons. The minimum absolute atomic E-state index is 0.0304. The number of anilines is 1. The molecule has 0 spiro atoms. The van der Waals surface area contributed by atoms with Gasteiger partial charge in [-0.1, -0.05) is 20.8 Å². The summed E-state index contributed by atoms with van der Waals surface area (Å²) >= 11 is 3.31. The van der Waals surface area contributed by atoms with Crippen LogP contribution in [0.3, 0.4) is 0 Å². The fraction of sp³-hybridized carbons (Fsp3) is 0.692. The first-order valence-corrected chi connectivity index (χ1v) is 7.41. The van der Waals surface area contributed by atoms with E-state index in [1.807, 2.05) is 6.92 Å². The molecule has 0 saturated carbocycles. The Hall–Kier alpha value is -0.880. The minimum Gasteiger partial charge on any atom is -0.394 e. The molecule has 0 amide bonds. The van der Waals surface area contributed by atoms with Gasteiger partial charge in [0.25, 0.3) is 5.56 Å². The molecule has 0 fully saturated rings. The average molecular weight is 332 g/mol. The summed E-state index contributed by atoms with van der Waals surface area (Å²) < 4.78 is 1.91. The highest BCUT2D eigenvalue weighted by Gasteiger charge is 2.14. The number of aryl methyl sites for hydroxylation is 1. The lowest BCUT2D eigenvalue weighted by atomic mass is 10.0. The number of nitrogens with one attached hydrogen (secondary N) is 1. The fourth-order valence-corrected chi connectivity index (χ4v) is 2.33. The number of hydrogen-bond donors (Lipinski definition) is 2. The summed E-state index contributed by atoms with van der Waals surface area (Å²) in [5, 5.41) is 16.6. The zero-order valence-corrected chi connectivity index (χ0v) is 13.3. The van der Waals surface area contributed by atoms with Gasteiger partial charge in [0.1, 0.15) is 4.47 Å². The second kappa shape index (κ2) is 7.65. The van der Waals surface area contributed by atoms with Crippen molar-refractivity contribution in [2.45, 2.75) is 46.2 Å². The first-order valence-electron chi connectivity index (χ1n) is 6.62. The van der Waals surface area contributed by atoms with Crippen LogP contribution in [0.2, 0.25) is 0 Å². The number of nitrogens with zero attached hydrogens (tertiary/aromatic N) is 2. The lowest BCUT2D eigenvalue weighted by Crippen LogP contribution is -2.29. The normalized spacial score (nSPS) is 12.7. The van der Waals surface area contributed by atoms with Crippen molar-refractivity contribution < 1.29 is 5.11 Å². The number of aliphatic hydroxyl groups is 1. The van der Waals surface area contributed by atoms with Gasteiger partial charge in [0.2, 0.25) is 0 Å². The van der Waals surface area contributed by atoms with Crippen LogP contribution in [0.15, 0.2) is 15.5 Å². The topological polar surface area (TPSA) is 67.2 Å². The van der Waals surface area contributed by atoms with E-state index in [2.05, 4.69) is 40.2 Å². The van der Waals surface area contributed by atoms with Crippen molar-refractivity contribution in [3.05, 3.63) is 21.0 Å². The van der Waals surface area contributed by atoms with Gasteiger partial charge in [-0.25, -0.2) is 4.68 Å². The highest BCUT2D eigenvalue weighted by Crippen LogP contribution is 2.19. The predicted molar refractivity (Wildman–Crippen MR) is 80.4 cm³/mol. The zero-order valence-electron chi connectivity index (χ0n) is 11.7. The Morgan fingerprint density at radius 1 is 1.53 bits per heavy atom. The van der Waals surface area contributed by atoms with E-state index in [-0.39, 0.29) is 18.2 Å². The van der Waals surface area contributed by atoms with Crippen molar-refractivity contribution in [1.29, 1.82) is 0 Å². The maximum absolute atomic E-state index is 12.0. The van der Waals surface area contributed by atoms with Crippen LogP contribution in [0, 0.1) is 5.92 Å². The Morgan fingerprint density at radius 2 is 2.21 bits per heavy atom. The van der Waals surface area contributed by atoms with E-state index in [4.69, 9.17) is 0 Å². The molecule has 5 nitrogen and oxygen atoms in total. The van der Waals surface area contributed by atoms with Crippen LogP contribution < -0.4 is 10.9 Å². The van der Waals surface area contributed by atoms with Crippen LogP contribution in [0.25, 0.3) is 0 Å². The van der Waals surface area contributed by atoms with Crippen LogP contribution in [0.1, 0.15) is 33.6 Å². The van der Waals surface area contributed by atoms with E-state index in [0.717, 1.165) is 12.8 Å². The summed E-state index contributed by atoms with van der Waals surface area (Å²) in [5.74, 6) is 0.469. The lowest BCUT2D eigenvalue weighted by Gasteiger charge is -2.20. The number of aromatic nitrogens is 2. The monoisotopic (exact) mass is 331 g/mol. The molecule has 1 aromatic heterocycles. The van der Waals surface area contributed by atoms with Gasteiger partial charge in [0.05, 0.1) is 18.5 Å². The van der Waals surface area contributed by atoms with E-state index in [0.29, 0.717) is 22.6 Å². The minimum atomic E-state index is -0.145. The summed E-state index contributed by atoms with van der Waals surface area (Å²) in [7, 11) is 0. The molecular formula is C13H22BrN3O2. The van der Waals surface area contributed by atoms with Gasteiger partial charge in [-0.2, -0.15) is 5.10 Å². The predicted octanol–water partition coefficient (Wildman–Crippen LogP) is 2.23. The summed E-state index contributed by atoms with van der Waals surface area (Å²) in [6.45, 7) is 6.82. The molecule has 1 rings (SSSR count). The first-order chi connectivity index (χ1) is 8.99. The molecule has 0 aliphatic heterocycles. The second-order valence-electron chi connectivity index (χ2n) is 5.05. The van der Waals surface area contributed by atoms with Gasteiger partial charge in [0, 0.05) is 12.6 Å². The number of rotatable bonds is 7. The van der Waals surface area contributed by atoms with Gasteiger partial charge < -0.3 is 10.4 Å². The Labute approximate surface area is 122 Å². The fourth-order valence-electron chi connectivity index (χ4n) is 1.90. The molecule has 1 atom stereocenters. The quantitative estimate of drug-likeness (QED) is 0.804. The largest absolute Gasteiger partial charge is 0.394 e. The van der Waals surface area contributed by atoms with Gasteiger partial charge in [-0.15, -0.1) is 0 Å². The molecule has 1 aromatic rings. The van der Waals surface area contributed by atoms with Gasteiger partial charge >= 0.3 is 0 Å². The third-order valence-electron chi connectivity index (χ3n) is 2.76. The molecule has 0 radical (unpaired) electrons. The molecule has 1 heterocycles. The van der Waals surface area contributed by atoms with Gasteiger partial charge in [0.15, 0.2) is 0 Å². The molecule has 0 aliphatic rings. The third-order valence-corrected chi connectivity index (χ3v) is 3.52. The van der Waals surface area contributed by atoms with Crippen molar-refractivity contribution in [2.24, 2.45) is 5.92 Å². The van der Waals surface area contributed by atoms with Gasteiger partial charge in [-0.05, 0) is 34.7 Å². The summed E-state index contributed by atoms with van der Waals surface area (Å²) in [5.41, 5.74) is 0.491. The molecule has 0 bridgehead atoms. The van der Waals surface area contributed by atoms with Crippen molar-refractivity contribution in [2.75, 3.05) is 11.9 Å². The molecule has 0 aromatic carbocycles. The Bertz CT molecular complexity index is 460. The Kier molecular flexibility index (Phi) is 6.51. The number of hydrogen-bond acceptors (Lipinski definition) is 4. The molecule has 0 saturated heterocycles. The van der Waals surface area contributed by atoms with E-state index in [9.17, 15) is 9.90 Å². The third kappa shape index (κ3) is 4.62. The number of aliphatic hydroxyl groups excluding tert-OH is 1. The Morgan fingerprint density at radius 3 is 2.74 bits per heavy atom. The molecule has 19 heavy (non-hydrogen) atoms. The number of halogens is 1. The molecule has 0 aliphatic carbocycles. The maximum atomic E-state index is 12.0. The Balaban J connectivity index is 2.90. The summed E-state index contributed by atoms with van der Waals surface area (Å²) in [6, 6.07) is -0.0699. The SMILES string of the molecule is CCCn1ncc(NC(CO)CC(C)C)c(Br)c1=O. The van der Waals surface area contributed by atoms with Crippen molar-refractivity contribution in [3.63, 3.8) is 0 Å². The molecular weight excluding hydrogens is 310 g/mol. The lowest BCUT2D eigenvalue weighted by molar-refractivity contribution is 0.259. The van der Waals surface area contributed by atoms with E-state index < -0.39 is 0 Å².